The molecule has 0 rings (SSSR count). The highest BCUT2D eigenvalue weighted by Crippen LogP contribution is 2.23. The molecule has 0 saturated carbocycles. The summed E-state index contributed by atoms with van der Waals surface area (Å²) in [6.07, 6.45) is -0.700. The highest BCUT2D eigenvalue weighted by Gasteiger charge is 2.35. The van der Waals surface area contributed by atoms with Crippen LogP contribution in [0.15, 0.2) is 5.16 Å². The standard InChI is InChI=1S/C11H21N2O5P/c1-8(13-17-4)5-6-12-10(15)9(14)11(2,3)7-18-19-16/h9,14,19H,5-7H2,1-4H3/p+1/b13-8+/t9-/m0/s1. The summed E-state index contributed by atoms with van der Waals surface area (Å²) < 4.78 is 15.0. The first kappa shape index (κ1) is 18.0. The van der Waals surface area contributed by atoms with Crippen LogP contribution in [0.1, 0.15) is 27.2 Å². The third-order valence-corrected chi connectivity index (χ3v) is 2.79. The number of aliphatic hydroxyl groups excluding tert-OH is 1. The van der Waals surface area contributed by atoms with Crippen molar-refractivity contribution >= 4 is 20.3 Å². The van der Waals surface area contributed by atoms with Gasteiger partial charge >= 0.3 is 8.69 Å². The van der Waals surface area contributed by atoms with Gasteiger partial charge in [0.15, 0.2) is 0 Å². The number of aliphatic hydroxyl groups is 1. The van der Waals surface area contributed by atoms with Crippen LogP contribution in [-0.4, -0.2) is 43.1 Å². The summed E-state index contributed by atoms with van der Waals surface area (Å²) in [4.78, 5) is 16.3. The third kappa shape index (κ3) is 7.20. The molecule has 0 aliphatic heterocycles. The first-order valence-corrected chi connectivity index (χ1v) is 6.68. The van der Waals surface area contributed by atoms with Crippen molar-refractivity contribution in [2.24, 2.45) is 10.6 Å². The largest absolute Gasteiger partial charge is 0.494 e. The van der Waals surface area contributed by atoms with E-state index in [4.69, 9.17) is 4.52 Å². The molecule has 7 nitrogen and oxygen atoms in total. The van der Waals surface area contributed by atoms with E-state index in [0.29, 0.717) is 13.0 Å². The molecular formula is C11H22N2O5P+. The van der Waals surface area contributed by atoms with Crippen LogP contribution >= 0.6 is 8.69 Å². The van der Waals surface area contributed by atoms with Gasteiger partial charge in [0.1, 0.15) is 19.8 Å². The van der Waals surface area contributed by atoms with E-state index in [1.54, 1.807) is 20.8 Å². The lowest BCUT2D eigenvalue weighted by molar-refractivity contribution is -0.136. The SMILES string of the molecule is CO/N=C(\C)CCNC(=O)[C@H](O)C(C)(C)CO[PH+]=O. The van der Waals surface area contributed by atoms with Gasteiger partial charge < -0.3 is 15.3 Å². The Morgan fingerprint density at radius 3 is 2.68 bits per heavy atom. The molecule has 8 heteroatoms. The monoisotopic (exact) mass is 293 g/mol. The highest BCUT2D eigenvalue weighted by atomic mass is 31.1. The van der Waals surface area contributed by atoms with Gasteiger partial charge in [0.2, 0.25) is 5.91 Å². The van der Waals surface area contributed by atoms with Gasteiger partial charge in [-0.05, 0) is 11.5 Å². The summed E-state index contributed by atoms with van der Waals surface area (Å²) in [6.45, 7) is 5.49. The Bertz CT molecular complexity index is 333. The average molecular weight is 293 g/mol. The molecule has 2 atom stereocenters. The first-order chi connectivity index (χ1) is 8.85. The van der Waals surface area contributed by atoms with Gasteiger partial charge in [0.25, 0.3) is 0 Å². The molecule has 0 saturated heterocycles. The Morgan fingerprint density at radius 1 is 1.53 bits per heavy atom. The van der Waals surface area contributed by atoms with E-state index < -0.39 is 26.1 Å². The molecule has 0 fully saturated rings. The highest BCUT2D eigenvalue weighted by molar-refractivity contribution is 7.17. The second-order valence-electron chi connectivity index (χ2n) is 4.81. The van der Waals surface area contributed by atoms with E-state index in [1.165, 1.54) is 7.11 Å². The number of hydrogen-bond acceptors (Lipinski definition) is 6. The quantitative estimate of drug-likeness (QED) is 0.373. The summed E-state index contributed by atoms with van der Waals surface area (Å²) in [6, 6.07) is 0. The molecule has 110 valence electrons. The fraction of sp³-hybridized carbons (Fsp3) is 0.818. The van der Waals surface area contributed by atoms with Gasteiger partial charge in [-0.2, -0.15) is 0 Å². The van der Waals surface area contributed by atoms with E-state index in [9.17, 15) is 14.5 Å². The third-order valence-electron chi connectivity index (χ3n) is 2.52. The Kier molecular flexibility index (Phi) is 8.47. The van der Waals surface area contributed by atoms with Crippen LogP contribution in [0.25, 0.3) is 0 Å². The summed E-state index contributed by atoms with van der Waals surface area (Å²) in [5.41, 5.74) is -0.0654. The smallest absolute Gasteiger partial charge is 0.399 e. The van der Waals surface area contributed by atoms with Crippen molar-refractivity contribution in [2.75, 3.05) is 20.3 Å². The van der Waals surface area contributed by atoms with E-state index in [0.717, 1.165) is 5.71 Å². The molecule has 2 N–H and O–H groups in total. The molecule has 0 bridgehead atoms. The lowest BCUT2D eigenvalue weighted by atomic mass is 9.87. The van der Waals surface area contributed by atoms with E-state index in [1.807, 2.05) is 0 Å². The fourth-order valence-corrected chi connectivity index (χ4v) is 1.74. The van der Waals surface area contributed by atoms with Crippen LogP contribution in [0, 0.1) is 5.41 Å². The van der Waals surface area contributed by atoms with E-state index >= 15 is 0 Å². The molecule has 0 radical (unpaired) electrons. The van der Waals surface area contributed by atoms with Crippen molar-refractivity contribution in [1.29, 1.82) is 0 Å². The fourth-order valence-electron chi connectivity index (χ4n) is 1.31. The maximum absolute atomic E-state index is 11.7. The van der Waals surface area contributed by atoms with Crippen molar-refractivity contribution < 1.29 is 23.8 Å². The number of nitrogens with zero attached hydrogens (tertiary/aromatic N) is 1. The Morgan fingerprint density at radius 2 is 2.16 bits per heavy atom. The van der Waals surface area contributed by atoms with Crippen LogP contribution in [0.3, 0.4) is 0 Å². The molecule has 19 heavy (non-hydrogen) atoms. The van der Waals surface area contributed by atoms with Gasteiger partial charge in [-0.15, -0.1) is 4.52 Å². The normalized spacial score (nSPS) is 14.3. The topological polar surface area (TPSA) is 97.2 Å². The summed E-state index contributed by atoms with van der Waals surface area (Å²) >= 11 is 0. The van der Waals surface area contributed by atoms with Gasteiger partial charge in [0, 0.05) is 18.4 Å². The number of carbonyl (C=O) groups is 1. The van der Waals surface area contributed by atoms with Crippen molar-refractivity contribution in [3.8, 4) is 0 Å². The van der Waals surface area contributed by atoms with Gasteiger partial charge in [-0.3, -0.25) is 4.79 Å². The van der Waals surface area contributed by atoms with Crippen molar-refractivity contribution in [3.05, 3.63) is 0 Å². The molecule has 0 aromatic heterocycles. The number of nitrogens with one attached hydrogen (secondary N) is 1. The van der Waals surface area contributed by atoms with Crippen LogP contribution in [0.5, 0.6) is 0 Å². The first-order valence-electron chi connectivity index (χ1n) is 5.86. The van der Waals surface area contributed by atoms with Crippen LogP contribution in [-0.2, 0) is 18.7 Å². The van der Waals surface area contributed by atoms with Crippen LogP contribution in [0.2, 0.25) is 0 Å². The predicted molar refractivity (Wildman–Crippen MR) is 72.5 cm³/mol. The number of oxime groups is 1. The molecule has 0 aromatic rings. The number of hydrogen-bond donors (Lipinski definition) is 2. The van der Waals surface area contributed by atoms with Gasteiger partial charge in [-0.25, -0.2) is 0 Å². The Balaban J connectivity index is 4.19. The maximum atomic E-state index is 11.7. The van der Waals surface area contributed by atoms with Crippen LogP contribution in [0.4, 0.5) is 0 Å². The molecule has 0 spiro atoms. The zero-order valence-corrected chi connectivity index (χ0v) is 12.7. The maximum Gasteiger partial charge on any atom is 0.494 e. The summed E-state index contributed by atoms with van der Waals surface area (Å²) in [7, 11) is 0.542. The molecule has 1 unspecified atom stereocenters. The summed E-state index contributed by atoms with van der Waals surface area (Å²) in [5, 5.41) is 16.2. The van der Waals surface area contributed by atoms with Crippen molar-refractivity contribution in [1.82, 2.24) is 5.32 Å². The van der Waals surface area contributed by atoms with Gasteiger partial charge in [-0.1, -0.05) is 19.0 Å². The Hall–Kier alpha value is -1.04. The van der Waals surface area contributed by atoms with Crippen LogP contribution < -0.4 is 5.32 Å². The Labute approximate surface area is 114 Å². The minimum atomic E-state index is -1.23. The summed E-state index contributed by atoms with van der Waals surface area (Å²) in [5.74, 6) is -0.493. The lowest BCUT2D eigenvalue weighted by Crippen LogP contribution is -2.46. The minimum Gasteiger partial charge on any atom is -0.399 e. The van der Waals surface area contributed by atoms with Crippen molar-refractivity contribution in [2.45, 2.75) is 33.3 Å². The zero-order valence-electron chi connectivity index (χ0n) is 11.7. The molecule has 0 aliphatic carbocycles. The van der Waals surface area contributed by atoms with E-state index in [-0.39, 0.29) is 6.61 Å². The van der Waals surface area contributed by atoms with Crippen molar-refractivity contribution in [3.63, 3.8) is 0 Å². The average Bonchev–Trinajstić information content (AvgIpc) is 2.35. The van der Waals surface area contributed by atoms with E-state index in [2.05, 4.69) is 15.3 Å². The number of amides is 1. The van der Waals surface area contributed by atoms with Gasteiger partial charge in [0.05, 0.1) is 5.71 Å². The second kappa shape index (κ2) is 8.96. The predicted octanol–water partition coefficient (Wildman–Crippen LogP) is 0.858. The zero-order chi connectivity index (χ0) is 14.9. The minimum absolute atomic E-state index is 0.0354. The number of carbonyl (C=O) groups excluding carboxylic acids is 1. The lowest BCUT2D eigenvalue weighted by Gasteiger charge is -2.26. The molecular weight excluding hydrogens is 271 g/mol. The molecule has 0 heterocycles. The molecule has 1 amide bonds. The number of rotatable bonds is 9. The molecule has 0 aliphatic rings. The molecule has 0 aromatic carbocycles. The second-order valence-corrected chi connectivity index (χ2v) is 5.27.